The van der Waals surface area contributed by atoms with E-state index in [0.717, 1.165) is 22.2 Å². The number of thiazole rings is 1. The number of nitrogens with zero attached hydrogens (tertiary/aromatic N) is 2. The molecule has 26 heavy (non-hydrogen) atoms. The number of amides is 1. The fourth-order valence-corrected chi connectivity index (χ4v) is 3.54. The number of hydrogen-bond acceptors (Lipinski definition) is 5. The fraction of sp³-hybridized carbons (Fsp3) is 0.167. The molecule has 0 aliphatic rings. The fourth-order valence-electron chi connectivity index (χ4n) is 2.52. The minimum absolute atomic E-state index is 0.121. The molecule has 6 nitrogen and oxygen atoms in total. The topological polar surface area (TPSA) is 73.2 Å². The summed E-state index contributed by atoms with van der Waals surface area (Å²) in [6.07, 6.45) is 1.49. The molecule has 3 aromatic rings. The lowest BCUT2D eigenvalue weighted by Crippen LogP contribution is -2.15. The Morgan fingerprint density at radius 3 is 2.92 bits per heavy atom. The van der Waals surface area contributed by atoms with Crippen molar-refractivity contribution in [1.29, 1.82) is 0 Å². The molecule has 134 valence electrons. The number of halogens is 1. The second kappa shape index (κ2) is 7.31. The first-order valence-electron chi connectivity index (χ1n) is 7.72. The number of anilines is 1. The lowest BCUT2D eigenvalue weighted by molar-refractivity contribution is 0.0554. The summed E-state index contributed by atoms with van der Waals surface area (Å²) in [5.41, 5.74) is 1.82. The predicted octanol–water partition coefficient (Wildman–Crippen LogP) is 4.19. The Morgan fingerprint density at radius 1 is 1.42 bits per heavy atom. The van der Waals surface area contributed by atoms with Crippen molar-refractivity contribution in [2.45, 2.75) is 6.92 Å². The first-order valence-corrected chi connectivity index (χ1v) is 8.92. The van der Waals surface area contributed by atoms with Crippen LogP contribution in [-0.4, -0.2) is 28.0 Å². The number of carbonyl (C=O) groups excluding carboxylic acids is 2. The molecule has 0 radical (unpaired) electrons. The van der Waals surface area contributed by atoms with Gasteiger partial charge in [-0.2, -0.15) is 0 Å². The largest absolute Gasteiger partial charge is 0.457 e. The number of nitrogens with one attached hydrogen (secondary N) is 1. The number of esters is 1. The Bertz CT molecular complexity index is 1020. The summed E-state index contributed by atoms with van der Waals surface area (Å²) in [4.78, 5) is 29.2. The van der Waals surface area contributed by atoms with Gasteiger partial charge in [0.15, 0.2) is 5.13 Å². The van der Waals surface area contributed by atoms with Crippen LogP contribution in [0.25, 0.3) is 10.9 Å². The zero-order chi connectivity index (χ0) is 18.8. The molecule has 0 aliphatic heterocycles. The molecule has 0 atom stereocenters. The maximum atomic E-state index is 12.6. The standard InChI is InChI=1S/C18H16ClN3O3S/c1-4-7-25-17(24)15-10(2)20-18(26-15)21-16(23)14-8-11-5-6-12(19)9-13(11)22(14)3/h4-6,8-9H,1,7H2,2-3H3,(H,20,21,23). The van der Waals surface area contributed by atoms with Crippen LogP contribution in [0.4, 0.5) is 5.13 Å². The molecular formula is C18H16ClN3O3S. The minimum Gasteiger partial charge on any atom is -0.457 e. The molecule has 0 aliphatic carbocycles. The van der Waals surface area contributed by atoms with Crippen LogP contribution in [0.15, 0.2) is 36.9 Å². The number of hydrogen-bond donors (Lipinski definition) is 1. The maximum Gasteiger partial charge on any atom is 0.350 e. The third kappa shape index (κ3) is 3.49. The number of ether oxygens (including phenoxy) is 1. The molecule has 0 fully saturated rings. The summed E-state index contributed by atoms with van der Waals surface area (Å²) in [5.74, 6) is -0.806. The van der Waals surface area contributed by atoms with Crippen molar-refractivity contribution in [2.75, 3.05) is 11.9 Å². The van der Waals surface area contributed by atoms with Gasteiger partial charge in [-0.15, -0.1) is 0 Å². The molecule has 0 saturated carbocycles. The van der Waals surface area contributed by atoms with E-state index in [1.807, 2.05) is 6.07 Å². The summed E-state index contributed by atoms with van der Waals surface area (Å²) in [7, 11) is 1.79. The minimum atomic E-state index is -0.486. The number of fused-ring (bicyclic) bond motifs is 1. The number of carbonyl (C=O) groups is 2. The molecule has 8 heteroatoms. The SMILES string of the molecule is C=CCOC(=O)c1sc(NC(=O)c2cc3ccc(Cl)cc3n2C)nc1C. The van der Waals surface area contributed by atoms with Gasteiger partial charge in [-0.1, -0.05) is 41.7 Å². The number of aryl methyl sites for hydroxylation is 2. The van der Waals surface area contributed by atoms with Crippen LogP contribution in [0.5, 0.6) is 0 Å². The number of rotatable bonds is 5. The Labute approximate surface area is 159 Å². The van der Waals surface area contributed by atoms with Crippen LogP contribution < -0.4 is 5.32 Å². The Hall–Kier alpha value is -2.64. The van der Waals surface area contributed by atoms with E-state index in [1.54, 1.807) is 36.7 Å². The van der Waals surface area contributed by atoms with Gasteiger partial charge in [0, 0.05) is 23.0 Å². The van der Waals surface area contributed by atoms with Gasteiger partial charge in [0.25, 0.3) is 5.91 Å². The van der Waals surface area contributed by atoms with Gasteiger partial charge >= 0.3 is 5.97 Å². The highest BCUT2D eigenvalue weighted by molar-refractivity contribution is 7.17. The van der Waals surface area contributed by atoms with Crippen molar-refractivity contribution in [3.8, 4) is 0 Å². The molecule has 0 spiro atoms. The summed E-state index contributed by atoms with van der Waals surface area (Å²) < 4.78 is 6.78. The lowest BCUT2D eigenvalue weighted by atomic mass is 10.2. The average Bonchev–Trinajstić information content (AvgIpc) is 3.13. The van der Waals surface area contributed by atoms with Crippen LogP contribution in [0.1, 0.15) is 25.9 Å². The van der Waals surface area contributed by atoms with Crippen LogP contribution in [0, 0.1) is 6.92 Å². The molecule has 1 aromatic carbocycles. The lowest BCUT2D eigenvalue weighted by Gasteiger charge is -2.04. The van der Waals surface area contributed by atoms with Gasteiger partial charge in [-0.25, -0.2) is 9.78 Å². The van der Waals surface area contributed by atoms with Crippen molar-refractivity contribution in [2.24, 2.45) is 7.05 Å². The number of benzene rings is 1. The maximum absolute atomic E-state index is 12.6. The van der Waals surface area contributed by atoms with Gasteiger partial charge in [0.2, 0.25) is 0 Å². The van der Waals surface area contributed by atoms with Crippen molar-refractivity contribution >= 4 is 50.8 Å². The van der Waals surface area contributed by atoms with Crippen molar-refractivity contribution in [1.82, 2.24) is 9.55 Å². The van der Waals surface area contributed by atoms with E-state index in [0.29, 0.717) is 26.4 Å². The molecule has 2 heterocycles. The second-order valence-electron chi connectivity index (χ2n) is 5.57. The quantitative estimate of drug-likeness (QED) is 0.524. The Balaban J connectivity index is 1.83. The van der Waals surface area contributed by atoms with Gasteiger partial charge < -0.3 is 9.30 Å². The Kier molecular flexibility index (Phi) is 5.11. The zero-order valence-electron chi connectivity index (χ0n) is 14.2. The molecule has 1 amide bonds. The van der Waals surface area contributed by atoms with Crippen LogP contribution in [-0.2, 0) is 11.8 Å². The van der Waals surface area contributed by atoms with E-state index in [4.69, 9.17) is 16.3 Å². The normalized spacial score (nSPS) is 10.7. The molecule has 2 aromatic heterocycles. The third-order valence-corrected chi connectivity index (χ3v) is 5.06. The summed E-state index contributed by atoms with van der Waals surface area (Å²) >= 11 is 7.10. The highest BCUT2D eigenvalue weighted by Crippen LogP contribution is 2.26. The average molecular weight is 390 g/mol. The van der Waals surface area contributed by atoms with E-state index in [-0.39, 0.29) is 12.5 Å². The summed E-state index contributed by atoms with van der Waals surface area (Å²) in [5, 5.41) is 4.58. The van der Waals surface area contributed by atoms with Crippen LogP contribution >= 0.6 is 22.9 Å². The van der Waals surface area contributed by atoms with E-state index in [9.17, 15) is 9.59 Å². The highest BCUT2D eigenvalue weighted by Gasteiger charge is 2.19. The zero-order valence-corrected chi connectivity index (χ0v) is 15.8. The number of aromatic nitrogens is 2. The van der Waals surface area contributed by atoms with Gasteiger partial charge in [-0.3, -0.25) is 10.1 Å². The summed E-state index contributed by atoms with van der Waals surface area (Å²) in [6.45, 7) is 5.31. The first-order chi connectivity index (χ1) is 12.4. The van der Waals surface area contributed by atoms with Crippen LogP contribution in [0.2, 0.25) is 5.02 Å². The third-order valence-electron chi connectivity index (χ3n) is 3.77. The van der Waals surface area contributed by atoms with Gasteiger partial charge in [-0.05, 0) is 25.1 Å². The molecule has 0 bridgehead atoms. The van der Waals surface area contributed by atoms with Crippen molar-refractivity contribution in [3.63, 3.8) is 0 Å². The van der Waals surface area contributed by atoms with E-state index in [1.165, 1.54) is 6.08 Å². The molecule has 1 N–H and O–H groups in total. The van der Waals surface area contributed by atoms with Gasteiger partial charge in [0.05, 0.1) is 5.69 Å². The summed E-state index contributed by atoms with van der Waals surface area (Å²) in [6, 6.07) is 7.21. The second-order valence-corrected chi connectivity index (χ2v) is 7.00. The highest BCUT2D eigenvalue weighted by atomic mass is 35.5. The van der Waals surface area contributed by atoms with Crippen molar-refractivity contribution in [3.05, 3.63) is 58.2 Å². The van der Waals surface area contributed by atoms with E-state index in [2.05, 4.69) is 16.9 Å². The van der Waals surface area contributed by atoms with Crippen LogP contribution in [0.3, 0.4) is 0 Å². The predicted molar refractivity (Wildman–Crippen MR) is 103 cm³/mol. The van der Waals surface area contributed by atoms with E-state index >= 15 is 0 Å². The molecule has 3 rings (SSSR count). The van der Waals surface area contributed by atoms with E-state index < -0.39 is 5.97 Å². The molecular weight excluding hydrogens is 374 g/mol. The smallest absolute Gasteiger partial charge is 0.350 e. The monoisotopic (exact) mass is 389 g/mol. The molecule has 0 saturated heterocycles. The van der Waals surface area contributed by atoms with Gasteiger partial charge in [0.1, 0.15) is 17.2 Å². The van der Waals surface area contributed by atoms with Crippen molar-refractivity contribution < 1.29 is 14.3 Å². The molecule has 0 unspecified atom stereocenters. The first kappa shape index (κ1) is 18.2. The Morgan fingerprint density at radius 2 is 2.19 bits per heavy atom.